The van der Waals surface area contributed by atoms with E-state index in [4.69, 9.17) is 16.2 Å². The molecular formula is C9H15N5O4. The van der Waals surface area contributed by atoms with Crippen molar-refractivity contribution in [3.63, 3.8) is 0 Å². The van der Waals surface area contributed by atoms with E-state index in [1.165, 1.54) is 7.11 Å². The van der Waals surface area contributed by atoms with Gasteiger partial charge in [-0.25, -0.2) is 4.79 Å². The van der Waals surface area contributed by atoms with Crippen molar-refractivity contribution in [3.05, 3.63) is 20.8 Å². The number of nitrogens with two attached hydrogens (primary N) is 2. The number of nitrogens with one attached hydrogen (secondary N) is 2. The Balaban J connectivity index is 3.13. The van der Waals surface area contributed by atoms with Crippen molar-refractivity contribution in [2.45, 2.75) is 6.54 Å². The van der Waals surface area contributed by atoms with E-state index < -0.39 is 17.2 Å². The maximum absolute atomic E-state index is 11.5. The third kappa shape index (κ3) is 3.10. The minimum absolute atomic E-state index is 0.0653. The second kappa shape index (κ2) is 5.87. The van der Waals surface area contributed by atoms with E-state index in [0.717, 1.165) is 4.57 Å². The van der Waals surface area contributed by atoms with E-state index >= 15 is 0 Å². The van der Waals surface area contributed by atoms with Crippen molar-refractivity contribution in [1.29, 1.82) is 0 Å². The zero-order valence-electron chi connectivity index (χ0n) is 9.86. The second-order valence-corrected chi connectivity index (χ2v) is 3.48. The zero-order valence-corrected chi connectivity index (χ0v) is 9.86. The van der Waals surface area contributed by atoms with Crippen LogP contribution in [0, 0.1) is 0 Å². The number of nitrogen functional groups attached to an aromatic ring is 1. The fourth-order valence-electron chi connectivity index (χ4n) is 1.34. The molecule has 1 amide bonds. The summed E-state index contributed by atoms with van der Waals surface area (Å²) in [6.07, 6.45) is 0. The molecule has 9 nitrogen and oxygen atoms in total. The van der Waals surface area contributed by atoms with Gasteiger partial charge in [0.25, 0.3) is 5.56 Å². The first kappa shape index (κ1) is 13.8. The SMILES string of the molecule is COCCn1c(N)c(NCC(N)=O)c(=O)[nH]c1=O. The maximum Gasteiger partial charge on any atom is 0.330 e. The second-order valence-electron chi connectivity index (χ2n) is 3.48. The van der Waals surface area contributed by atoms with Crippen LogP contribution in [0.5, 0.6) is 0 Å². The Morgan fingerprint density at radius 1 is 1.50 bits per heavy atom. The van der Waals surface area contributed by atoms with Crippen LogP contribution in [0.2, 0.25) is 0 Å². The van der Waals surface area contributed by atoms with Gasteiger partial charge in [-0.2, -0.15) is 0 Å². The lowest BCUT2D eigenvalue weighted by Gasteiger charge is -2.12. The summed E-state index contributed by atoms with van der Waals surface area (Å²) >= 11 is 0. The maximum atomic E-state index is 11.5. The lowest BCUT2D eigenvalue weighted by atomic mass is 10.4. The number of methoxy groups -OCH3 is 1. The van der Waals surface area contributed by atoms with Gasteiger partial charge in [0.05, 0.1) is 19.7 Å². The molecule has 6 N–H and O–H groups in total. The predicted molar refractivity (Wildman–Crippen MR) is 65.3 cm³/mol. The molecule has 1 aromatic heterocycles. The number of hydrogen-bond donors (Lipinski definition) is 4. The van der Waals surface area contributed by atoms with E-state index in [-0.39, 0.29) is 31.2 Å². The average molecular weight is 257 g/mol. The molecule has 0 fully saturated rings. The van der Waals surface area contributed by atoms with Crippen molar-refractivity contribution < 1.29 is 9.53 Å². The number of aromatic nitrogens is 2. The third-order valence-corrected chi connectivity index (χ3v) is 2.20. The molecule has 100 valence electrons. The molecule has 1 heterocycles. The van der Waals surface area contributed by atoms with E-state index in [1.807, 2.05) is 0 Å². The number of hydrogen-bond acceptors (Lipinski definition) is 6. The van der Waals surface area contributed by atoms with Gasteiger partial charge in [0.15, 0.2) is 0 Å². The molecular weight excluding hydrogens is 242 g/mol. The first-order valence-corrected chi connectivity index (χ1v) is 5.11. The minimum Gasteiger partial charge on any atom is -0.383 e. The van der Waals surface area contributed by atoms with Gasteiger partial charge in [0.1, 0.15) is 11.5 Å². The summed E-state index contributed by atoms with van der Waals surface area (Å²) < 4.78 is 5.96. The normalized spacial score (nSPS) is 10.3. The van der Waals surface area contributed by atoms with Gasteiger partial charge in [0.2, 0.25) is 5.91 Å². The Labute approximate surface area is 102 Å². The van der Waals surface area contributed by atoms with Crippen LogP contribution in [0.3, 0.4) is 0 Å². The highest BCUT2D eigenvalue weighted by atomic mass is 16.5. The fraction of sp³-hybridized carbons (Fsp3) is 0.444. The first-order valence-electron chi connectivity index (χ1n) is 5.11. The van der Waals surface area contributed by atoms with Gasteiger partial charge in [-0.15, -0.1) is 0 Å². The molecule has 0 aromatic carbocycles. The molecule has 0 aliphatic carbocycles. The van der Waals surface area contributed by atoms with E-state index in [2.05, 4.69) is 10.3 Å². The molecule has 0 aliphatic heterocycles. The summed E-state index contributed by atoms with van der Waals surface area (Å²) in [4.78, 5) is 35.7. The lowest BCUT2D eigenvalue weighted by molar-refractivity contribution is -0.116. The number of aromatic amines is 1. The molecule has 0 bridgehead atoms. The Hall–Kier alpha value is -2.29. The summed E-state index contributed by atoms with van der Waals surface area (Å²) in [7, 11) is 1.47. The minimum atomic E-state index is -0.701. The monoisotopic (exact) mass is 257 g/mol. The summed E-state index contributed by atoms with van der Waals surface area (Å²) in [5.41, 5.74) is 9.22. The zero-order chi connectivity index (χ0) is 13.7. The number of rotatable bonds is 6. The Bertz CT molecular complexity index is 547. The molecule has 18 heavy (non-hydrogen) atoms. The summed E-state index contributed by atoms with van der Waals surface area (Å²) in [5.74, 6) is -0.717. The highest BCUT2D eigenvalue weighted by molar-refractivity contribution is 5.79. The smallest absolute Gasteiger partial charge is 0.330 e. The van der Waals surface area contributed by atoms with Crippen LogP contribution >= 0.6 is 0 Å². The van der Waals surface area contributed by atoms with Gasteiger partial charge in [-0.05, 0) is 0 Å². The number of carbonyl (C=O) groups excluding carboxylic acids is 1. The van der Waals surface area contributed by atoms with Crippen molar-refractivity contribution in [1.82, 2.24) is 9.55 Å². The van der Waals surface area contributed by atoms with E-state index in [1.54, 1.807) is 0 Å². The molecule has 0 unspecified atom stereocenters. The van der Waals surface area contributed by atoms with E-state index in [9.17, 15) is 14.4 Å². The number of nitrogens with zero attached hydrogens (tertiary/aromatic N) is 1. The number of primary amides is 1. The quantitative estimate of drug-likeness (QED) is 0.449. The average Bonchev–Trinajstić information content (AvgIpc) is 2.27. The molecule has 0 atom stereocenters. The summed E-state index contributed by atoms with van der Waals surface area (Å²) in [5, 5.41) is 2.48. The summed E-state index contributed by atoms with van der Waals surface area (Å²) in [6, 6.07) is 0. The first-order chi connectivity index (χ1) is 8.47. The van der Waals surface area contributed by atoms with Crippen molar-refractivity contribution >= 4 is 17.4 Å². The van der Waals surface area contributed by atoms with Gasteiger partial charge in [-0.1, -0.05) is 0 Å². The third-order valence-electron chi connectivity index (χ3n) is 2.20. The fourth-order valence-corrected chi connectivity index (χ4v) is 1.34. The largest absolute Gasteiger partial charge is 0.383 e. The highest BCUT2D eigenvalue weighted by Gasteiger charge is 2.12. The Kier molecular flexibility index (Phi) is 4.49. The number of H-pyrrole nitrogens is 1. The van der Waals surface area contributed by atoms with Crippen LogP contribution in [-0.4, -0.2) is 35.7 Å². The predicted octanol–water partition coefficient (Wildman–Crippen LogP) is -2.34. The van der Waals surface area contributed by atoms with Gasteiger partial charge < -0.3 is 21.5 Å². The molecule has 0 spiro atoms. The van der Waals surface area contributed by atoms with Crippen LogP contribution in [0.1, 0.15) is 0 Å². The van der Waals surface area contributed by atoms with Gasteiger partial charge in [-0.3, -0.25) is 19.1 Å². The Morgan fingerprint density at radius 3 is 2.72 bits per heavy atom. The summed E-state index contributed by atoms with van der Waals surface area (Å²) in [6.45, 7) is 0.185. The molecule has 9 heteroatoms. The van der Waals surface area contributed by atoms with Crippen LogP contribution in [0.15, 0.2) is 9.59 Å². The highest BCUT2D eigenvalue weighted by Crippen LogP contribution is 2.08. The Morgan fingerprint density at radius 2 is 2.17 bits per heavy atom. The number of ether oxygens (including phenoxy) is 1. The van der Waals surface area contributed by atoms with Crippen molar-refractivity contribution in [2.75, 3.05) is 31.3 Å². The van der Waals surface area contributed by atoms with Crippen LogP contribution in [-0.2, 0) is 16.1 Å². The van der Waals surface area contributed by atoms with Crippen LogP contribution < -0.4 is 28.0 Å². The van der Waals surface area contributed by atoms with Crippen molar-refractivity contribution in [2.24, 2.45) is 5.73 Å². The van der Waals surface area contributed by atoms with E-state index in [0.29, 0.717) is 0 Å². The van der Waals surface area contributed by atoms with Gasteiger partial charge in [0, 0.05) is 7.11 Å². The molecule has 0 saturated heterocycles. The number of carbonyl (C=O) groups is 1. The topological polar surface area (TPSA) is 145 Å². The molecule has 1 aromatic rings. The molecule has 0 aliphatic rings. The van der Waals surface area contributed by atoms with Crippen LogP contribution in [0.4, 0.5) is 11.5 Å². The van der Waals surface area contributed by atoms with Crippen molar-refractivity contribution in [3.8, 4) is 0 Å². The van der Waals surface area contributed by atoms with Gasteiger partial charge >= 0.3 is 5.69 Å². The number of amides is 1. The number of anilines is 2. The molecule has 0 saturated carbocycles. The standard InChI is InChI=1S/C9H15N5O4/c1-18-3-2-14-7(11)6(12-4-5(10)15)8(16)13-9(14)17/h12H,2-4,11H2,1H3,(H2,10,15)(H,13,16,17). The molecule has 1 rings (SSSR count). The lowest BCUT2D eigenvalue weighted by Crippen LogP contribution is -2.36. The molecule has 0 radical (unpaired) electrons. The van der Waals surface area contributed by atoms with Crippen LogP contribution in [0.25, 0.3) is 0 Å².